The first kappa shape index (κ1) is 14.9. The van der Waals surface area contributed by atoms with Crippen molar-refractivity contribution in [3.63, 3.8) is 0 Å². The number of rotatable bonds is 5. The third kappa shape index (κ3) is 3.19. The summed E-state index contributed by atoms with van der Waals surface area (Å²) in [6.07, 6.45) is 3.41. The molecule has 1 heterocycles. The molecule has 1 saturated heterocycles. The Morgan fingerprint density at radius 2 is 2.12 bits per heavy atom. The highest BCUT2D eigenvalue weighted by Gasteiger charge is 2.35. The Balaban J connectivity index is 2.87. The van der Waals surface area contributed by atoms with Crippen molar-refractivity contribution in [1.82, 2.24) is 8.61 Å². The second kappa shape index (κ2) is 6.13. The average Bonchev–Trinajstić information content (AvgIpc) is 2.36. The maximum Gasteiger partial charge on any atom is 0.282 e. The Morgan fingerprint density at radius 1 is 1.47 bits per heavy atom. The Bertz CT molecular complexity index is 332. The fourth-order valence-corrected chi connectivity index (χ4v) is 3.95. The molecule has 0 amide bonds. The van der Waals surface area contributed by atoms with E-state index in [1.54, 1.807) is 7.05 Å². The molecule has 2 unspecified atom stereocenters. The molecule has 1 aliphatic heterocycles. The van der Waals surface area contributed by atoms with Gasteiger partial charge in [0.15, 0.2) is 0 Å². The highest BCUT2D eigenvalue weighted by molar-refractivity contribution is 7.86. The van der Waals surface area contributed by atoms with Gasteiger partial charge in [-0.1, -0.05) is 13.3 Å². The van der Waals surface area contributed by atoms with Crippen LogP contribution in [0.2, 0.25) is 0 Å². The zero-order valence-corrected chi connectivity index (χ0v) is 11.8. The first-order valence-corrected chi connectivity index (χ1v) is 7.70. The van der Waals surface area contributed by atoms with Crippen LogP contribution in [-0.4, -0.2) is 54.4 Å². The number of hydrogen-bond acceptors (Lipinski definition) is 3. The van der Waals surface area contributed by atoms with Crippen LogP contribution in [0.5, 0.6) is 0 Å². The van der Waals surface area contributed by atoms with E-state index in [-0.39, 0.29) is 18.7 Å². The number of aliphatic hydroxyl groups is 1. The summed E-state index contributed by atoms with van der Waals surface area (Å²) in [6, 6.07) is -0.262. The minimum absolute atomic E-state index is 0.0127. The lowest BCUT2D eigenvalue weighted by molar-refractivity contribution is 0.147. The second-order valence-electron chi connectivity index (χ2n) is 4.72. The van der Waals surface area contributed by atoms with Crippen molar-refractivity contribution in [2.75, 3.05) is 20.2 Å². The van der Waals surface area contributed by atoms with Crippen LogP contribution in [-0.2, 0) is 10.2 Å². The van der Waals surface area contributed by atoms with Crippen LogP contribution >= 0.6 is 0 Å². The monoisotopic (exact) mass is 264 g/mol. The van der Waals surface area contributed by atoms with E-state index < -0.39 is 10.2 Å². The van der Waals surface area contributed by atoms with Gasteiger partial charge in [-0.3, -0.25) is 0 Å². The van der Waals surface area contributed by atoms with Crippen LogP contribution in [0.1, 0.15) is 39.5 Å². The van der Waals surface area contributed by atoms with Gasteiger partial charge in [0, 0.05) is 25.7 Å². The molecule has 1 fully saturated rings. The minimum Gasteiger partial charge on any atom is -0.395 e. The van der Waals surface area contributed by atoms with Crippen LogP contribution in [0, 0.1) is 0 Å². The quantitative estimate of drug-likeness (QED) is 0.799. The molecule has 0 aromatic rings. The van der Waals surface area contributed by atoms with Gasteiger partial charge in [0.2, 0.25) is 0 Å². The van der Waals surface area contributed by atoms with Crippen LogP contribution in [0.4, 0.5) is 0 Å². The molecular formula is C11H24N2O3S. The predicted molar refractivity (Wildman–Crippen MR) is 67.9 cm³/mol. The van der Waals surface area contributed by atoms with Gasteiger partial charge < -0.3 is 5.11 Å². The smallest absolute Gasteiger partial charge is 0.282 e. The third-order valence-electron chi connectivity index (χ3n) is 3.66. The van der Waals surface area contributed by atoms with E-state index in [2.05, 4.69) is 0 Å². The van der Waals surface area contributed by atoms with Crippen molar-refractivity contribution in [2.24, 2.45) is 0 Å². The van der Waals surface area contributed by atoms with Crippen LogP contribution < -0.4 is 0 Å². The fraction of sp³-hybridized carbons (Fsp3) is 1.00. The van der Waals surface area contributed by atoms with Crippen molar-refractivity contribution in [2.45, 2.75) is 51.6 Å². The number of hydrogen-bond donors (Lipinski definition) is 1. The highest BCUT2D eigenvalue weighted by Crippen LogP contribution is 2.23. The van der Waals surface area contributed by atoms with Gasteiger partial charge in [-0.25, -0.2) is 0 Å². The standard InChI is InChI=1S/C11H24N2O3S/c1-4-10(2)12(3)17(15,16)13-8-6-5-7-11(13)9-14/h10-11,14H,4-9H2,1-3H3. The summed E-state index contributed by atoms with van der Waals surface area (Å²) in [5.41, 5.74) is 0. The molecule has 1 aliphatic rings. The minimum atomic E-state index is -3.43. The summed E-state index contributed by atoms with van der Waals surface area (Å²) in [4.78, 5) is 0. The molecule has 0 radical (unpaired) electrons. The Kier molecular flexibility index (Phi) is 5.37. The van der Waals surface area contributed by atoms with Crippen molar-refractivity contribution < 1.29 is 13.5 Å². The SMILES string of the molecule is CCC(C)N(C)S(=O)(=O)N1CCCCC1CO. The summed E-state index contributed by atoms with van der Waals surface area (Å²) >= 11 is 0. The lowest BCUT2D eigenvalue weighted by Gasteiger charge is -2.37. The van der Waals surface area contributed by atoms with Gasteiger partial charge >= 0.3 is 0 Å². The molecule has 2 atom stereocenters. The van der Waals surface area contributed by atoms with Gasteiger partial charge in [0.25, 0.3) is 10.2 Å². The molecule has 0 aromatic carbocycles. The van der Waals surface area contributed by atoms with Gasteiger partial charge in [0.05, 0.1) is 6.61 Å². The van der Waals surface area contributed by atoms with Gasteiger partial charge in [0.1, 0.15) is 0 Å². The number of nitrogens with zero attached hydrogens (tertiary/aromatic N) is 2. The van der Waals surface area contributed by atoms with Gasteiger partial charge in [-0.15, -0.1) is 0 Å². The average molecular weight is 264 g/mol. The number of piperidine rings is 1. The topological polar surface area (TPSA) is 60.9 Å². The Labute approximate surface area is 105 Å². The van der Waals surface area contributed by atoms with E-state index in [9.17, 15) is 13.5 Å². The summed E-state index contributed by atoms with van der Waals surface area (Å²) in [7, 11) is -1.81. The predicted octanol–water partition coefficient (Wildman–Crippen LogP) is 0.808. The van der Waals surface area contributed by atoms with Crippen molar-refractivity contribution in [3.8, 4) is 0 Å². The molecule has 0 aromatic heterocycles. The number of aliphatic hydroxyl groups excluding tert-OH is 1. The lowest BCUT2D eigenvalue weighted by Crippen LogP contribution is -2.52. The molecule has 102 valence electrons. The lowest BCUT2D eigenvalue weighted by atomic mass is 10.1. The maximum absolute atomic E-state index is 12.4. The first-order chi connectivity index (χ1) is 7.95. The van der Waals surface area contributed by atoms with E-state index in [0.717, 1.165) is 25.7 Å². The first-order valence-electron chi connectivity index (χ1n) is 6.30. The molecule has 0 bridgehead atoms. The third-order valence-corrected chi connectivity index (χ3v) is 5.82. The molecular weight excluding hydrogens is 240 g/mol. The van der Waals surface area contributed by atoms with Crippen LogP contribution in [0.15, 0.2) is 0 Å². The zero-order valence-electron chi connectivity index (χ0n) is 11.0. The highest BCUT2D eigenvalue weighted by atomic mass is 32.2. The molecule has 1 rings (SSSR count). The normalized spacial score (nSPS) is 25.1. The van der Waals surface area contributed by atoms with E-state index in [1.165, 1.54) is 8.61 Å². The molecule has 1 N–H and O–H groups in total. The fourth-order valence-electron chi connectivity index (χ4n) is 2.11. The second-order valence-corrected chi connectivity index (χ2v) is 6.66. The Hall–Kier alpha value is -0.170. The maximum atomic E-state index is 12.4. The van der Waals surface area contributed by atoms with E-state index >= 15 is 0 Å². The van der Waals surface area contributed by atoms with Gasteiger partial charge in [-0.2, -0.15) is 17.0 Å². The molecule has 6 heteroatoms. The summed E-state index contributed by atoms with van der Waals surface area (Å²) < 4.78 is 27.7. The van der Waals surface area contributed by atoms with E-state index in [0.29, 0.717) is 6.54 Å². The summed E-state index contributed by atoms with van der Waals surface area (Å²) in [6.45, 7) is 4.30. The van der Waals surface area contributed by atoms with Crippen LogP contribution in [0.3, 0.4) is 0 Å². The van der Waals surface area contributed by atoms with E-state index in [4.69, 9.17) is 0 Å². The summed E-state index contributed by atoms with van der Waals surface area (Å²) in [5.74, 6) is 0. The molecule has 17 heavy (non-hydrogen) atoms. The van der Waals surface area contributed by atoms with Crippen molar-refractivity contribution in [3.05, 3.63) is 0 Å². The summed E-state index contributed by atoms with van der Waals surface area (Å²) in [5, 5.41) is 9.28. The van der Waals surface area contributed by atoms with Crippen molar-refractivity contribution >= 4 is 10.2 Å². The largest absolute Gasteiger partial charge is 0.395 e. The molecule has 0 aliphatic carbocycles. The molecule has 0 saturated carbocycles. The Morgan fingerprint density at radius 3 is 2.65 bits per heavy atom. The van der Waals surface area contributed by atoms with Crippen molar-refractivity contribution in [1.29, 1.82) is 0 Å². The van der Waals surface area contributed by atoms with Gasteiger partial charge in [-0.05, 0) is 26.2 Å². The van der Waals surface area contributed by atoms with E-state index in [1.807, 2.05) is 13.8 Å². The molecule has 0 spiro atoms. The van der Waals surface area contributed by atoms with Crippen LogP contribution in [0.25, 0.3) is 0 Å². The zero-order chi connectivity index (χ0) is 13.1. The molecule has 5 nitrogen and oxygen atoms in total.